The molecule has 0 fully saturated rings. The average molecular weight is 271 g/mol. The van der Waals surface area contributed by atoms with Crippen molar-refractivity contribution in [3.05, 3.63) is 65.5 Å². The second-order valence-electron chi connectivity index (χ2n) is 4.72. The Balaban J connectivity index is 2.06. The molecule has 0 radical (unpaired) electrons. The van der Waals surface area contributed by atoms with E-state index in [2.05, 4.69) is 46.8 Å². The van der Waals surface area contributed by atoms with E-state index in [4.69, 9.17) is 11.6 Å². The summed E-state index contributed by atoms with van der Waals surface area (Å²) in [6, 6.07) is 16.7. The maximum absolute atomic E-state index is 6.01. The molecule has 0 saturated heterocycles. The molecule has 0 aliphatic heterocycles. The zero-order valence-electron chi connectivity index (χ0n) is 10.8. The van der Waals surface area contributed by atoms with E-state index in [1.54, 1.807) is 0 Å². The van der Waals surface area contributed by atoms with E-state index in [0.717, 1.165) is 23.4 Å². The van der Waals surface area contributed by atoms with Crippen molar-refractivity contribution in [1.29, 1.82) is 0 Å². The van der Waals surface area contributed by atoms with Gasteiger partial charge in [-0.1, -0.05) is 42.0 Å². The van der Waals surface area contributed by atoms with Crippen LogP contribution in [0.25, 0.3) is 11.0 Å². The number of benzene rings is 2. The number of aryl methyl sites for hydroxylation is 1. The molecule has 2 aromatic carbocycles. The van der Waals surface area contributed by atoms with Crippen LogP contribution in [-0.4, -0.2) is 9.55 Å². The lowest BCUT2D eigenvalue weighted by Gasteiger charge is -2.08. The van der Waals surface area contributed by atoms with Gasteiger partial charge in [0.25, 0.3) is 0 Å². The van der Waals surface area contributed by atoms with Gasteiger partial charge >= 0.3 is 0 Å². The molecular formula is C16H15ClN2. The standard InChI is InChI=1S/C16H15ClN2/c1-12-6-8-13(9-7-12)11-19-15-5-3-2-4-14(15)18-16(19)10-17/h2-9H,10-11H2,1H3. The second kappa shape index (κ2) is 5.06. The number of imidazole rings is 1. The van der Waals surface area contributed by atoms with E-state index in [-0.39, 0.29) is 0 Å². The topological polar surface area (TPSA) is 17.8 Å². The molecule has 19 heavy (non-hydrogen) atoms. The number of alkyl halides is 1. The van der Waals surface area contributed by atoms with Crippen LogP contribution in [0.3, 0.4) is 0 Å². The number of aromatic nitrogens is 2. The van der Waals surface area contributed by atoms with Crippen LogP contribution >= 0.6 is 11.6 Å². The molecule has 0 unspecified atom stereocenters. The zero-order valence-corrected chi connectivity index (χ0v) is 11.6. The third kappa shape index (κ3) is 2.36. The van der Waals surface area contributed by atoms with Crippen LogP contribution in [0.15, 0.2) is 48.5 Å². The Bertz CT molecular complexity index is 698. The first-order chi connectivity index (χ1) is 9.28. The van der Waals surface area contributed by atoms with E-state index >= 15 is 0 Å². The van der Waals surface area contributed by atoms with Gasteiger partial charge in [0.15, 0.2) is 0 Å². The molecule has 1 aromatic heterocycles. The van der Waals surface area contributed by atoms with Crippen molar-refractivity contribution < 1.29 is 0 Å². The van der Waals surface area contributed by atoms with Gasteiger partial charge in [0.05, 0.1) is 16.9 Å². The van der Waals surface area contributed by atoms with Gasteiger partial charge in [-0.25, -0.2) is 4.98 Å². The Morgan fingerprint density at radius 2 is 1.79 bits per heavy atom. The van der Waals surface area contributed by atoms with Gasteiger partial charge < -0.3 is 4.57 Å². The Hall–Kier alpha value is -1.80. The third-order valence-corrected chi connectivity index (χ3v) is 3.55. The molecule has 3 rings (SSSR count). The van der Waals surface area contributed by atoms with Crippen molar-refractivity contribution in [2.75, 3.05) is 0 Å². The molecule has 3 heteroatoms. The maximum Gasteiger partial charge on any atom is 0.125 e. The van der Waals surface area contributed by atoms with Gasteiger partial charge in [0.2, 0.25) is 0 Å². The van der Waals surface area contributed by atoms with Crippen LogP contribution in [0.5, 0.6) is 0 Å². The molecule has 0 N–H and O–H groups in total. The molecule has 0 saturated carbocycles. The molecule has 1 heterocycles. The molecule has 0 spiro atoms. The van der Waals surface area contributed by atoms with Crippen molar-refractivity contribution in [2.24, 2.45) is 0 Å². The lowest BCUT2D eigenvalue weighted by Crippen LogP contribution is -2.03. The molecule has 3 aromatic rings. The Labute approximate surface area is 117 Å². The van der Waals surface area contributed by atoms with E-state index in [9.17, 15) is 0 Å². The minimum atomic E-state index is 0.431. The van der Waals surface area contributed by atoms with Crippen molar-refractivity contribution in [3.63, 3.8) is 0 Å². The van der Waals surface area contributed by atoms with Gasteiger partial charge in [0, 0.05) is 6.54 Å². The molecule has 0 atom stereocenters. The summed E-state index contributed by atoms with van der Waals surface area (Å²) in [6.45, 7) is 2.91. The average Bonchev–Trinajstić information content (AvgIpc) is 2.79. The quantitative estimate of drug-likeness (QED) is 0.654. The SMILES string of the molecule is Cc1ccc(Cn2c(CCl)nc3ccccc32)cc1. The largest absolute Gasteiger partial charge is 0.322 e. The molecular weight excluding hydrogens is 256 g/mol. The Morgan fingerprint density at radius 3 is 2.53 bits per heavy atom. The van der Waals surface area contributed by atoms with Crippen molar-refractivity contribution in [2.45, 2.75) is 19.3 Å². The monoisotopic (exact) mass is 270 g/mol. The molecule has 2 nitrogen and oxygen atoms in total. The molecule has 0 bridgehead atoms. The number of fused-ring (bicyclic) bond motifs is 1. The minimum absolute atomic E-state index is 0.431. The lowest BCUT2D eigenvalue weighted by atomic mass is 10.1. The first-order valence-corrected chi connectivity index (χ1v) is 6.87. The summed E-state index contributed by atoms with van der Waals surface area (Å²) in [5, 5.41) is 0. The molecule has 0 aliphatic rings. The number of para-hydroxylation sites is 2. The van der Waals surface area contributed by atoms with Crippen LogP contribution in [0.2, 0.25) is 0 Å². The van der Waals surface area contributed by atoms with Crippen molar-refractivity contribution >= 4 is 22.6 Å². The minimum Gasteiger partial charge on any atom is -0.322 e. The summed E-state index contributed by atoms with van der Waals surface area (Å²) in [6.07, 6.45) is 0. The number of hydrogen-bond acceptors (Lipinski definition) is 1. The summed E-state index contributed by atoms with van der Waals surface area (Å²) in [5.74, 6) is 1.35. The van der Waals surface area contributed by atoms with Crippen LogP contribution in [0.4, 0.5) is 0 Å². The van der Waals surface area contributed by atoms with Gasteiger partial charge in [-0.2, -0.15) is 0 Å². The summed E-state index contributed by atoms with van der Waals surface area (Å²) >= 11 is 6.01. The van der Waals surface area contributed by atoms with E-state index in [1.807, 2.05) is 18.2 Å². The van der Waals surface area contributed by atoms with Crippen molar-refractivity contribution in [1.82, 2.24) is 9.55 Å². The predicted molar refractivity (Wildman–Crippen MR) is 79.6 cm³/mol. The predicted octanol–water partition coefficient (Wildman–Crippen LogP) is 4.13. The molecule has 0 amide bonds. The maximum atomic E-state index is 6.01. The normalized spacial score (nSPS) is 11.1. The third-order valence-electron chi connectivity index (χ3n) is 3.31. The van der Waals surface area contributed by atoms with Gasteiger partial charge in [0.1, 0.15) is 5.82 Å². The van der Waals surface area contributed by atoms with Gasteiger partial charge in [-0.05, 0) is 24.6 Å². The van der Waals surface area contributed by atoms with Gasteiger partial charge in [-0.3, -0.25) is 0 Å². The highest BCUT2D eigenvalue weighted by Crippen LogP contribution is 2.19. The fourth-order valence-electron chi connectivity index (χ4n) is 2.28. The van der Waals surface area contributed by atoms with E-state index in [1.165, 1.54) is 11.1 Å². The fourth-order valence-corrected chi connectivity index (χ4v) is 2.48. The van der Waals surface area contributed by atoms with Crippen LogP contribution in [0, 0.1) is 6.92 Å². The summed E-state index contributed by atoms with van der Waals surface area (Å²) in [7, 11) is 0. The smallest absolute Gasteiger partial charge is 0.125 e. The Morgan fingerprint density at radius 1 is 1.05 bits per heavy atom. The highest BCUT2D eigenvalue weighted by Gasteiger charge is 2.09. The first kappa shape index (κ1) is 12.2. The number of rotatable bonds is 3. The van der Waals surface area contributed by atoms with E-state index < -0.39 is 0 Å². The Kier molecular flexibility index (Phi) is 3.26. The number of nitrogens with zero attached hydrogens (tertiary/aromatic N) is 2. The van der Waals surface area contributed by atoms with Crippen molar-refractivity contribution in [3.8, 4) is 0 Å². The van der Waals surface area contributed by atoms with Crippen LogP contribution in [0.1, 0.15) is 17.0 Å². The fraction of sp³-hybridized carbons (Fsp3) is 0.188. The summed E-state index contributed by atoms with van der Waals surface area (Å²) in [5.41, 5.74) is 4.68. The zero-order chi connectivity index (χ0) is 13.2. The van der Waals surface area contributed by atoms with Gasteiger partial charge in [-0.15, -0.1) is 11.6 Å². The molecule has 0 aliphatic carbocycles. The summed E-state index contributed by atoms with van der Waals surface area (Å²) < 4.78 is 2.19. The lowest BCUT2D eigenvalue weighted by molar-refractivity contribution is 0.778. The highest BCUT2D eigenvalue weighted by atomic mass is 35.5. The first-order valence-electron chi connectivity index (χ1n) is 6.33. The molecule has 96 valence electrons. The van der Waals surface area contributed by atoms with Crippen LogP contribution in [-0.2, 0) is 12.4 Å². The number of halogens is 1. The van der Waals surface area contributed by atoms with Crippen LogP contribution < -0.4 is 0 Å². The second-order valence-corrected chi connectivity index (χ2v) is 4.99. The highest BCUT2D eigenvalue weighted by molar-refractivity contribution is 6.16. The van der Waals surface area contributed by atoms with E-state index in [0.29, 0.717) is 5.88 Å². The summed E-state index contributed by atoms with van der Waals surface area (Å²) in [4.78, 5) is 4.58. The number of hydrogen-bond donors (Lipinski definition) is 0.